The Kier molecular flexibility index (Phi) is 4.96. The summed E-state index contributed by atoms with van der Waals surface area (Å²) in [4.78, 5) is 17.3. The predicted octanol–water partition coefficient (Wildman–Crippen LogP) is 3.68. The van der Waals surface area contributed by atoms with Gasteiger partial charge in [-0.25, -0.2) is 0 Å². The van der Waals surface area contributed by atoms with Crippen molar-refractivity contribution in [1.82, 2.24) is 9.80 Å². The van der Waals surface area contributed by atoms with Crippen molar-refractivity contribution in [2.24, 2.45) is 0 Å². The minimum Gasteiger partial charge on any atom is -0.339 e. The average molecular weight is 306 g/mol. The second-order valence-corrected chi connectivity index (χ2v) is 7.11. The van der Waals surface area contributed by atoms with Gasteiger partial charge in [0.2, 0.25) is 5.91 Å². The van der Waals surface area contributed by atoms with Crippen LogP contribution < -0.4 is 0 Å². The summed E-state index contributed by atoms with van der Waals surface area (Å²) in [7, 11) is 0. The van der Waals surface area contributed by atoms with Crippen LogP contribution in [0.5, 0.6) is 0 Å². The van der Waals surface area contributed by atoms with Gasteiger partial charge in [-0.2, -0.15) is 11.3 Å². The Balaban J connectivity index is 1.63. The third kappa shape index (κ3) is 3.32. The van der Waals surface area contributed by atoms with E-state index in [4.69, 9.17) is 0 Å². The van der Waals surface area contributed by atoms with Crippen molar-refractivity contribution in [3.8, 4) is 0 Å². The van der Waals surface area contributed by atoms with Gasteiger partial charge in [-0.15, -0.1) is 0 Å². The minimum absolute atomic E-state index is 0.351. The molecular weight excluding hydrogens is 280 g/mol. The van der Waals surface area contributed by atoms with Crippen LogP contribution in [0, 0.1) is 0 Å². The zero-order valence-electron chi connectivity index (χ0n) is 13.0. The Morgan fingerprint density at radius 1 is 1.29 bits per heavy atom. The molecule has 2 atom stereocenters. The fourth-order valence-electron chi connectivity index (χ4n) is 3.88. The summed E-state index contributed by atoms with van der Waals surface area (Å²) >= 11 is 1.76. The van der Waals surface area contributed by atoms with Crippen LogP contribution in [0.1, 0.15) is 57.1 Å². The quantitative estimate of drug-likeness (QED) is 0.847. The van der Waals surface area contributed by atoms with Crippen molar-refractivity contribution in [3.63, 3.8) is 0 Å². The maximum atomic E-state index is 12.7. The molecule has 4 heteroatoms. The molecule has 0 aliphatic carbocycles. The maximum absolute atomic E-state index is 12.7. The normalized spacial score (nSPS) is 27.2. The SMILES string of the molecule is CC[C@@H]1CCCCN1C(=O)CN1CCC[C@@H]1c1ccsc1. The van der Waals surface area contributed by atoms with Crippen molar-refractivity contribution in [2.45, 2.75) is 57.5 Å². The molecule has 0 bridgehead atoms. The summed E-state index contributed by atoms with van der Waals surface area (Å²) < 4.78 is 0. The topological polar surface area (TPSA) is 23.6 Å². The minimum atomic E-state index is 0.351. The van der Waals surface area contributed by atoms with E-state index in [1.165, 1.54) is 37.7 Å². The van der Waals surface area contributed by atoms with Crippen molar-refractivity contribution >= 4 is 17.2 Å². The van der Waals surface area contributed by atoms with Crippen LogP contribution in [0.4, 0.5) is 0 Å². The highest BCUT2D eigenvalue weighted by molar-refractivity contribution is 7.07. The molecule has 0 N–H and O–H groups in total. The lowest BCUT2D eigenvalue weighted by Crippen LogP contribution is -2.47. The van der Waals surface area contributed by atoms with Gasteiger partial charge < -0.3 is 4.90 Å². The molecule has 0 radical (unpaired) electrons. The largest absolute Gasteiger partial charge is 0.339 e. The molecule has 3 heterocycles. The Bertz CT molecular complexity index is 459. The Morgan fingerprint density at radius 3 is 2.95 bits per heavy atom. The molecular formula is C17H26N2OS. The first-order chi connectivity index (χ1) is 10.3. The van der Waals surface area contributed by atoms with Crippen LogP contribution in [0.15, 0.2) is 16.8 Å². The van der Waals surface area contributed by atoms with E-state index in [2.05, 4.69) is 33.6 Å². The smallest absolute Gasteiger partial charge is 0.237 e. The van der Waals surface area contributed by atoms with E-state index in [0.717, 1.165) is 19.5 Å². The average Bonchev–Trinajstić information content (AvgIpc) is 3.17. The lowest BCUT2D eigenvalue weighted by atomic mass is 10.00. The molecule has 1 amide bonds. The zero-order chi connectivity index (χ0) is 14.7. The lowest BCUT2D eigenvalue weighted by Gasteiger charge is -2.37. The Hall–Kier alpha value is -0.870. The number of rotatable bonds is 4. The summed E-state index contributed by atoms with van der Waals surface area (Å²) in [6, 6.07) is 3.16. The van der Waals surface area contributed by atoms with Gasteiger partial charge in [0.1, 0.15) is 0 Å². The number of likely N-dealkylation sites (tertiary alicyclic amines) is 2. The summed E-state index contributed by atoms with van der Waals surface area (Å²) in [5.41, 5.74) is 1.40. The molecule has 3 rings (SSSR count). The molecule has 0 saturated carbocycles. The maximum Gasteiger partial charge on any atom is 0.237 e. The third-order valence-electron chi connectivity index (χ3n) is 5.05. The molecule has 2 fully saturated rings. The zero-order valence-corrected chi connectivity index (χ0v) is 13.8. The molecule has 3 nitrogen and oxygen atoms in total. The first kappa shape index (κ1) is 15.0. The molecule has 116 valence electrons. The summed E-state index contributed by atoms with van der Waals surface area (Å²) in [5.74, 6) is 0.351. The van der Waals surface area contributed by atoms with Crippen molar-refractivity contribution in [3.05, 3.63) is 22.4 Å². The van der Waals surface area contributed by atoms with Crippen molar-refractivity contribution in [2.75, 3.05) is 19.6 Å². The van der Waals surface area contributed by atoms with Crippen LogP contribution in [0.25, 0.3) is 0 Å². The number of hydrogen-bond acceptors (Lipinski definition) is 3. The van der Waals surface area contributed by atoms with E-state index in [9.17, 15) is 4.79 Å². The van der Waals surface area contributed by atoms with Gasteiger partial charge in [-0.1, -0.05) is 6.92 Å². The Morgan fingerprint density at radius 2 is 2.19 bits per heavy atom. The molecule has 2 aliphatic heterocycles. The van der Waals surface area contributed by atoms with E-state index in [1.54, 1.807) is 11.3 Å². The van der Waals surface area contributed by atoms with Crippen molar-refractivity contribution in [1.29, 1.82) is 0 Å². The highest BCUT2D eigenvalue weighted by Crippen LogP contribution is 2.33. The van der Waals surface area contributed by atoms with E-state index in [-0.39, 0.29) is 0 Å². The summed E-state index contributed by atoms with van der Waals surface area (Å²) in [5, 5.41) is 4.38. The predicted molar refractivity (Wildman–Crippen MR) is 87.5 cm³/mol. The van der Waals surface area contributed by atoms with Gasteiger partial charge in [0.25, 0.3) is 0 Å². The monoisotopic (exact) mass is 306 g/mol. The number of hydrogen-bond donors (Lipinski definition) is 0. The van der Waals surface area contributed by atoms with Gasteiger partial charge >= 0.3 is 0 Å². The van der Waals surface area contributed by atoms with Gasteiger partial charge in [-0.05, 0) is 67.5 Å². The van der Waals surface area contributed by atoms with Gasteiger partial charge in [0, 0.05) is 18.6 Å². The number of amides is 1. The highest BCUT2D eigenvalue weighted by Gasteiger charge is 2.31. The van der Waals surface area contributed by atoms with Crippen molar-refractivity contribution < 1.29 is 4.79 Å². The van der Waals surface area contributed by atoms with E-state index in [1.807, 2.05) is 0 Å². The molecule has 0 unspecified atom stereocenters. The second kappa shape index (κ2) is 6.93. The lowest BCUT2D eigenvalue weighted by molar-refractivity contribution is -0.136. The van der Waals surface area contributed by atoms with E-state index >= 15 is 0 Å². The molecule has 2 aliphatic rings. The standard InChI is InChI=1S/C17H26N2OS/c1-2-15-6-3-4-10-19(15)17(20)12-18-9-5-7-16(18)14-8-11-21-13-14/h8,11,13,15-16H,2-7,9-10,12H2,1H3/t15-,16-/m1/s1. The van der Waals surface area contributed by atoms with Crippen LogP contribution in [-0.2, 0) is 4.79 Å². The van der Waals surface area contributed by atoms with Crippen LogP contribution >= 0.6 is 11.3 Å². The number of nitrogens with zero attached hydrogens (tertiary/aromatic N) is 2. The fourth-order valence-corrected chi connectivity index (χ4v) is 4.58. The first-order valence-corrected chi connectivity index (χ1v) is 9.29. The molecule has 0 aromatic carbocycles. The fraction of sp³-hybridized carbons (Fsp3) is 0.706. The molecule has 1 aromatic heterocycles. The van der Waals surface area contributed by atoms with Crippen LogP contribution in [0.3, 0.4) is 0 Å². The Labute approximate surface area is 131 Å². The third-order valence-corrected chi connectivity index (χ3v) is 5.75. The van der Waals surface area contributed by atoms with Gasteiger partial charge in [0.15, 0.2) is 0 Å². The van der Waals surface area contributed by atoms with Gasteiger partial charge in [-0.3, -0.25) is 9.69 Å². The van der Waals surface area contributed by atoms with Gasteiger partial charge in [0.05, 0.1) is 6.54 Å². The number of piperidine rings is 1. The number of carbonyl (C=O) groups excluding carboxylic acids is 1. The van der Waals surface area contributed by atoms with E-state index < -0.39 is 0 Å². The van der Waals surface area contributed by atoms with Crippen LogP contribution in [-0.4, -0.2) is 41.4 Å². The molecule has 21 heavy (non-hydrogen) atoms. The molecule has 1 aromatic rings. The summed E-state index contributed by atoms with van der Waals surface area (Å²) in [6.45, 7) is 4.85. The number of thiophene rings is 1. The van der Waals surface area contributed by atoms with E-state index in [0.29, 0.717) is 24.5 Å². The first-order valence-electron chi connectivity index (χ1n) is 8.35. The highest BCUT2D eigenvalue weighted by atomic mass is 32.1. The number of carbonyl (C=O) groups is 1. The molecule has 2 saturated heterocycles. The second-order valence-electron chi connectivity index (χ2n) is 6.33. The molecule has 0 spiro atoms. The van der Waals surface area contributed by atoms with Crippen LogP contribution in [0.2, 0.25) is 0 Å². The summed E-state index contributed by atoms with van der Waals surface area (Å²) in [6.07, 6.45) is 7.15.